The molecule has 0 aromatic heterocycles. The van der Waals surface area contributed by atoms with Crippen LogP contribution in [0.1, 0.15) is 36.8 Å². The van der Waals surface area contributed by atoms with Crippen LogP contribution in [0.4, 0.5) is 5.69 Å². The summed E-state index contributed by atoms with van der Waals surface area (Å²) in [6, 6.07) is 6.43. The number of hydrogen-bond donors (Lipinski definition) is 2. The van der Waals surface area contributed by atoms with Crippen molar-refractivity contribution in [3.8, 4) is 0 Å². The number of fused-ring (bicyclic) bond motifs is 1. The summed E-state index contributed by atoms with van der Waals surface area (Å²) in [4.78, 5) is 10.9. The lowest BCUT2D eigenvalue weighted by molar-refractivity contribution is -0.149. The van der Waals surface area contributed by atoms with Crippen molar-refractivity contribution in [1.29, 1.82) is 0 Å². The first-order chi connectivity index (χ1) is 9.74. The molecule has 20 heavy (non-hydrogen) atoms. The Morgan fingerprint density at radius 3 is 2.95 bits per heavy atom. The Labute approximate surface area is 119 Å². The second kappa shape index (κ2) is 5.83. The number of carbonyl (C=O) groups is 1. The van der Waals surface area contributed by atoms with Crippen molar-refractivity contribution in [1.82, 2.24) is 0 Å². The molecule has 1 saturated heterocycles. The molecular formula is C16H21NO3. The average molecular weight is 275 g/mol. The summed E-state index contributed by atoms with van der Waals surface area (Å²) in [6.07, 6.45) is 5.68. The van der Waals surface area contributed by atoms with Gasteiger partial charge in [0.15, 0.2) is 6.10 Å². The van der Waals surface area contributed by atoms with Gasteiger partial charge in [0, 0.05) is 12.2 Å². The van der Waals surface area contributed by atoms with Gasteiger partial charge in [0.2, 0.25) is 0 Å². The lowest BCUT2D eigenvalue weighted by Crippen LogP contribution is -2.25. The van der Waals surface area contributed by atoms with Gasteiger partial charge in [-0.05, 0) is 55.7 Å². The summed E-state index contributed by atoms with van der Waals surface area (Å²) in [5, 5.41) is 12.4. The van der Waals surface area contributed by atoms with Crippen LogP contribution in [0.3, 0.4) is 0 Å². The van der Waals surface area contributed by atoms with Crippen LogP contribution < -0.4 is 5.32 Å². The van der Waals surface area contributed by atoms with Crippen LogP contribution in [0, 0.1) is 0 Å². The number of ether oxygens (including phenoxy) is 1. The predicted octanol–water partition coefficient (Wildman–Crippen LogP) is 2.61. The van der Waals surface area contributed by atoms with Crippen LogP contribution in [0.5, 0.6) is 0 Å². The van der Waals surface area contributed by atoms with E-state index in [0.29, 0.717) is 13.0 Å². The third-order valence-corrected chi connectivity index (χ3v) is 4.30. The quantitative estimate of drug-likeness (QED) is 0.887. The third kappa shape index (κ3) is 2.80. The zero-order valence-electron chi connectivity index (χ0n) is 11.6. The average Bonchev–Trinajstić information content (AvgIpc) is 2.94. The Kier molecular flexibility index (Phi) is 3.92. The van der Waals surface area contributed by atoms with E-state index in [-0.39, 0.29) is 6.10 Å². The predicted molar refractivity (Wildman–Crippen MR) is 77.1 cm³/mol. The van der Waals surface area contributed by atoms with E-state index in [0.717, 1.165) is 12.8 Å². The second-order valence-electron chi connectivity index (χ2n) is 5.69. The third-order valence-electron chi connectivity index (χ3n) is 4.30. The van der Waals surface area contributed by atoms with E-state index in [1.54, 1.807) is 0 Å². The standard InChI is InChI=1S/C16H21NO3/c18-16(19)15-9-8-12(20-15)10-17-14-7-3-5-11-4-1-2-6-13(11)14/h3,5,7,12,15,17H,1-2,4,6,8-10H2,(H,18,19). The van der Waals surface area contributed by atoms with E-state index >= 15 is 0 Å². The van der Waals surface area contributed by atoms with E-state index in [4.69, 9.17) is 9.84 Å². The molecule has 1 fully saturated rings. The fourth-order valence-corrected chi connectivity index (χ4v) is 3.21. The fourth-order valence-electron chi connectivity index (χ4n) is 3.21. The summed E-state index contributed by atoms with van der Waals surface area (Å²) >= 11 is 0. The number of benzene rings is 1. The normalized spacial score (nSPS) is 25.2. The number of nitrogens with one attached hydrogen (secondary N) is 1. The van der Waals surface area contributed by atoms with Crippen LogP contribution in [0.2, 0.25) is 0 Å². The van der Waals surface area contributed by atoms with Crippen LogP contribution >= 0.6 is 0 Å². The molecule has 108 valence electrons. The first-order valence-corrected chi connectivity index (χ1v) is 7.47. The van der Waals surface area contributed by atoms with E-state index in [1.165, 1.54) is 36.1 Å². The molecule has 0 amide bonds. The molecule has 2 N–H and O–H groups in total. The molecule has 3 rings (SSSR count). The minimum atomic E-state index is -0.843. The van der Waals surface area contributed by atoms with Crippen molar-refractivity contribution in [3.63, 3.8) is 0 Å². The molecule has 2 atom stereocenters. The molecule has 1 heterocycles. The Balaban J connectivity index is 1.61. The van der Waals surface area contributed by atoms with Crippen molar-refractivity contribution >= 4 is 11.7 Å². The molecule has 1 aromatic rings. The van der Waals surface area contributed by atoms with Gasteiger partial charge >= 0.3 is 5.97 Å². The SMILES string of the molecule is O=C(O)C1CCC(CNc2cccc3c2CCCC3)O1. The van der Waals surface area contributed by atoms with E-state index < -0.39 is 12.1 Å². The summed E-state index contributed by atoms with van der Waals surface area (Å²) in [6.45, 7) is 0.695. The molecule has 1 aliphatic carbocycles. The number of carboxylic acid groups (broad SMARTS) is 1. The van der Waals surface area contributed by atoms with Gasteiger partial charge in [-0.3, -0.25) is 0 Å². The number of anilines is 1. The molecule has 2 aliphatic rings. The van der Waals surface area contributed by atoms with Crippen molar-refractivity contribution in [2.24, 2.45) is 0 Å². The topological polar surface area (TPSA) is 58.6 Å². The number of rotatable bonds is 4. The molecule has 0 spiro atoms. The van der Waals surface area contributed by atoms with Crippen LogP contribution in [0.15, 0.2) is 18.2 Å². The van der Waals surface area contributed by atoms with Gasteiger partial charge in [0.25, 0.3) is 0 Å². The van der Waals surface area contributed by atoms with Crippen molar-refractivity contribution < 1.29 is 14.6 Å². The highest BCUT2D eigenvalue weighted by Crippen LogP contribution is 2.28. The van der Waals surface area contributed by atoms with Gasteiger partial charge in [-0.25, -0.2) is 4.79 Å². The Hall–Kier alpha value is -1.55. The number of hydrogen-bond acceptors (Lipinski definition) is 3. The largest absolute Gasteiger partial charge is 0.479 e. The van der Waals surface area contributed by atoms with Crippen LogP contribution in [0.25, 0.3) is 0 Å². The fraction of sp³-hybridized carbons (Fsp3) is 0.562. The molecule has 4 nitrogen and oxygen atoms in total. The molecule has 0 saturated carbocycles. The summed E-state index contributed by atoms with van der Waals surface area (Å²) < 4.78 is 5.53. The summed E-state index contributed by atoms with van der Waals surface area (Å²) in [5.74, 6) is -0.843. The monoisotopic (exact) mass is 275 g/mol. The molecule has 2 unspecified atom stereocenters. The molecule has 0 radical (unpaired) electrons. The number of carboxylic acids is 1. The summed E-state index contributed by atoms with van der Waals surface area (Å²) in [5.41, 5.74) is 4.09. The maximum absolute atomic E-state index is 10.9. The smallest absolute Gasteiger partial charge is 0.332 e. The van der Waals surface area contributed by atoms with E-state index in [2.05, 4.69) is 23.5 Å². The van der Waals surface area contributed by atoms with Gasteiger partial charge in [-0.2, -0.15) is 0 Å². The van der Waals surface area contributed by atoms with Crippen molar-refractivity contribution in [3.05, 3.63) is 29.3 Å². The minimum Gasteiger partial charge on any atom is -0.479 e. The zero-order valence-corrected chi connectivity index (χ0v) is 11.6. The molecule has 0 bridgehead atoms. The lowest BCUT2D eigenvalue weighted by Gasteiger charge is -2.21. The Morgan fingerprint density at radius 2 is 2.15 bits per heavy atom. The van der Waals surface area contributed by atoms with Gasteiger partial charge in [0.1, 0.15) is 0 Å². The van der Waals surface area contributed by atoms with Crippen molar-refractivity contribution in [2.75, 3.05) is 11.9 Å². The highest BCUT2D eigenvalue weighted by molar-refractivity contribution is 5.72. The minimum absolute atomic E-state index is 0.00977. The molecule has 1 aliphatic heterocycles. The van der Waals surface area contributed by atoms with Crippen LogP contribution in [-0.2, 0) is 22.4 Å². The lowest BCUT2D eigenvalue weighted by atomic mass is 9.90. The van der Waals surface area contributed by atoms with E-state index in [1.807, 2.05) is 0 Å². The zero-order chi connectivity index (χ0) is 13.9. The maximum atomic E-state index is 10.9. The molecule has 4 heteroatoms. The van der Waals surface area contributed by atoms with Gasteiger partial charge in [-0.1, -0.05) is 12.1 Å². The Bertz CT molecular complexity index is 500. The number of aryl methyl sites for hydroxylation is 1. The number of aliphatic carboxylic acids is 1. The van der Waals surface area contributed by atoms with E-state index in [9.17, 15) is 4.79 Å². The first kappa shape index (κ1) is 13.4. The highest BCUT2D eigenvalue weighted by Gasteiger charge is 2.30. The van der Waals surface area contributed by atoms with Gasteiger partial charge < -0.3 is 15.2 Å². The van der Waals surface area contributed by atoms with Crippen LogP contribution in [-0.4, -0.2) is 29.8 Å². The molecular weight excluding hydrogens is 254 g/mol. The second-order valence-corrected chi connectivity index (χ2v) is 5.69. The Morgan fingerprint density at radius 1 is 1.30 bits per heavy atom. The van der Waals surface area contributed by atoms with Gasteiger partial charge in [0.05, 0.1) is 6.10 Å². The maximum Gasteiger partial charge on any atom is 0.332 e. The molecule has 1 aromatic carbocycles. The summed E-state index contributed by atoms with van der Waals surface area (Å²) in [7, 11) is 0. The highest BCUT2D eigenvalue weighted by atomic mass is 16.5. The van der Waals surface area contributed by atoms with Crippen molar-refractivity contribution in [2.45, 2.75) is 50.7 Å². The first-order valence-electron chi connectivity index (χ1n) is 7.47. The van der Waals surface area contributed by atoms with Gasteiger partial charge in [-0.15, -0.1) is 0 Å².